The van der Waals surface area contributed by atoms with Crippen LogP contribution in [0.1, 0.15) is 25.3 Å². The molecule has 37 heavy (non-hydrogen) atoms. The molecular weight excluding hydrogens is 496 g/mol. The second-order valence-corrected chi connectivity index (χ2v) is 11.4. The molecule has 2 aromatic carbocycles. The van der Waals surface area contributed by atoms with Crippen LogP contribution in [-0.2, 0) is 15.8 Å². The molecule has 1 aliphatic rings. The quantitative estimate of drug-likeness (QED) is 0.355. The maximum absolute atomic E-state index is 14.3. The Labute approximate surface area is 215 Å². The Bertz CT molecular complexity index is 1490. The molecule has 0 saturated carbocycles. The third-order valence-corrected chi connectivity index (χ3v) is 7.85. The number of piperazine rings is 1. The summed E-state index contributed by atoms with van der Waals surface area (Å²) in [7, 11) is -3.21. The van der Waals surface area contributed by atoms with Crippen molar-refractivity contribution in [1.82, 2.24) is 15.0 Å². The number of fused-ring (bicyclic) bond motifs is 1. The van der Waals surface area contributed by atoms with Gasteiger partial charge in [0.25, 0.3) is 5.92 Å². The van der Waals surface area contributed by atoms with Gasteiger partial charge in [-0.25, -0.2) is 27.2 Å². The molecule has 0 radical (unpaired) electrons. The number of nitrogens with zero attached hydrogens (tertiary/aromatic N) is 4. The molecule has 0 atom stereocenters. The number of sulfone groups is 1. The molecule has 1 saturated heterocycles. The minimum Gasteiger partial charge on any atom is -0.368 e. The highest BCUT2D eigenvalue weighted by atomic mass is 32.2. The molecule has 0 spiro atoms. The van der Waals surface area contributed by atoms with Crippen molar-refractivity contribution in [1.29, 1.82) is 0 Å². The van der Waals surface area contributed by atoms with Crippen molar-refractivity contribution in [2.45, 2.75) is 30.6 Å². The molecule has 1 aliphatic heterocycles. The summed E-state index contributed by atoms with van der Waals surface area (Å²) >= 11 is 0. The Morgan fingerprint density at radius 2 is 1.68 bits per heavy atom. The van der Waals surface area contributed by atoms with Crippen molar-refractivity contribution < 1.29 is 17.2 Å². The van der Waals surface area contributed by atoms with Crippen molar-refractivity contribution in [2.75, 3.05) is 42.2 Å². The Morgan fingerprint density at radius 1 is 0.973 bits per heavy atom. The van der Waals surface area contributed by atoms with E-state index in [4.69, 9.17) is 0 Å². The monoisotopic (exact) mass is 525 g/mol. The average molecular weight is 526 g/mol. The van der Waals surface area contributed by atoms with Crippen LogP contribution in [0.15, 0.2) is 65.7 Å². The Balaban J connectivity index is 1.25. The van der Waals surface area contributed by atoms with Gasteiger partial charge in [0.05, 0.1) is 15.9 Å². The Hall–Kier alpha value is -3.53. The number of benzene rings is 2. The van der Waals surface area contributed by atoms with Crippen LogP contribution >= 0.6 is 0 Å². The van der Waals surface area contributed by atoms with Crippen LogP contribution in [-0.4, -0.2) is 55.8 Å². The van der Waals surface area contributed by atoms with Gasteiger partial charge in [-0.3, -0.25) is 0 Å². The van der Waals surface area contributed by atoms with Gasteiger partial charge < -0.3 is 14.8 Å². The number of hydrogen-bond donors (Lipinski definition) is 1. The fourth-order valence-electron chi connectivity index (χ4n) is 4.64. The van der Waals surface area contributed by atoms with E-state index in [1.165, 1.54) is 18.4 Å². The third kappa shape index (κ3) is 5.29. The largest absolute Gasteiger partial charge is 0.368 e. The first-order valence-corrected chi connectivity index (χ1v) is 14.2. The minimum absolute atomic E-state index is 0.00370. The van der Waals surface area contributed by atoms with Crippen molar-refractivity contribution in [2.24, 2.45) is 0 Å². The van der Waals surface area contributed by atoms with Crippen molar-refractivity contribution in [3.8, 4) is 11.4 Å². The van der Waals surface area contributed by atoms with E-state index in [0.29, 0.717) is 28.2 Å². The van der Waals surface area contributed by atoms with Gasteiger partial charge in [-0.1, -0.05) is 19.4 Å². The number of aromatic nitrogens is 3. The molecule has 1 fully saturated rings. The number of nitrogens with one attached hydrogen (secondary N) is 1. The zero-order chi connectivity index (χ0) is 26.2. The van der Waals surface area contributed by atoms with E-state index in [-0.39, 0.29) is 12.0 Å². The third-order valence-electron chi connectivity index (χ3n) is 6.72. The lowest BCUT2D eigenvalue weighted by Crippen LogP contribution is -2.46. The van der Waals surface area contributed by atoms with Crippen LogP contribution < -0.4 is 9.80 Å². The summed E-state index contributed by atoms with van der Waals surface area (Å²) in [4.78, 5) is 17.1. The predicted molar refractivity (Wildman–Crippen MR) is 142 cm³/mol. The first-order valence-electron chi connectivity index (χ1n) is 12.3. The average Bonchev–Trinajstić information content (AvgIpc) is 3.32. The maximum atomic E-state index is 14.3. The zero-order valence-corrected chi connectivity index (χ0v) is 21.6. The standard InChI is InChI=1S/C27H29F2N5O2S/c1-3-12-27(28,29)20-5-10-23-24(17-20)32-26(31-23)19-4-11-25(30-18-19)34-15-13-33(14-16-34)21-6-8-22(9-7-21)37(2,35)36/h4-11,17-18H,3,12-16H2,1-2H3,(H,31,32). The SMILES string of the molecule is CCCC(F)(F)c1ccc2nc(-c3ccc(N4CCN(c5ccc(S(C)(=O)=O)cc5)CC4)nc3)[nH]c2c1. The Kier molecular flexibility index (Phi) is 6.61. The molecule has 3 heterocycles. The zero-order valence-electron chi connectivity index (χ0n) is 20.8. The van der Waals surface area contributed by atoms with Crippen LogP contribution in [0.5, 0.6) is 0 Å². The van der Waals surface area contributed by atoms with Crippen molar-refractivity contribution in [3.05, 3.63) is 66.4 Å². The summed E-state index contributed by atoms with van der Waals surface area (Å²) in [6.45, 7) is 4.88. The molecule has 10 heteroatoms. The number of hydrogen-bond acceptors (Lipinski definition) is 6. The molecule has 5 rings (SSSR count). The summed E-state index contributed by atoms with van der Waals surface area (Å²) < 4.78 is 52.1. The van der Waals surface area contributed by atoms with E-state index >= 15 is 0 Å². The second-order valence-electron chi connectivity index (χ2n) is 9.42. The van der Waals surface area contributed by atoms with Crippen LogP contribution in [0, 0.1) is 0 Å². The van der Waals surface area contributed by atoms with Crippen molar-refractivity contribution in [3.63, 3.8) is 0 Å². The summed E-state index contributed by atoms with van der Waals surface area (Å²) in [6.07, 6.45) is 3.17. The van der Waals surface area contributed by atoms with E-state index in [1.54, 1.807) is 31.3 Å². The molecule has 2 aromatic heterocycles. The molecule has 4 aromatic rings. The summed E-state index contributed by atoms with van der Waals surface area (Å²) in [5.74, 6) is -1.41. The molecular formula is C27H29F2N5O2S. The lowest BCUT2D eigenvalue weighted by Gasteiger charge is -2.36. The van der Waals surface area contributed by atoms with Gasteiger partial charge in [0.1, 0.15) is 11.6 Å². The number of aromatic amines is 1. The highest BCUT2D eigenvalue weighted by Gasteiger charge is 2.30. The summed E-state index contributed by atoms with van der Waals surface area (Å²) in [6, 6.07) is 15.4. The highest BCUT2D eigenvalue weighted by molar-refractivity contribution is 7.90. The summed E-state index contributed by atoms with van der Waals surface area (Å²) in [5, 5.41) is 0. The van der Waals surface area contributed by atoms with Crippen LogP contribution in [0.2, 0.25) is 0 Å². The second kappa shape index (κ2) is 9.74. The normalized spacial score (nSPS) is 14.9. The van der Waals surface area contributed by atoms with Crippen LogP contribution in [0.4, 0.5) is 20.3 Å². The van der Waals surface area contributed by atoms with Gasteiger partial charge in [-0.15, -0.1) is 0 Å². The fraction of sp³-hybridized carbons (Fsp3) is 0.333. The minimum atomic E-state index is -3.21. The number of pyridine rings is 1. The van der Waals surface area contributed by atoms with Crippen LogP contribution in [0.3, 0.4) is 0 Å². The fourth-order valence-corrected chi connectivity index (χ4v) is 5.27. The van der Waals surface area contributed by atoms with Crippen molar-refractivity contribution >= 4 is 32.4 Å². The first-order chi connectivity index (χ1) is 17.6. The number of alkyl halides is 2. The molecule has 194 valence electrons. The van der Waals surface area contributed by atoms with E-state index < -0.39 is 15.8 Å². The van der Waals surface area contributed by atoms with Crippen LogP contribution in [0.25, 0.3) is 22.4 Å². The van der Waals surface area contributed by atoms with Gasteiger partial charge in [-0.2, -0.15) is 0 Å². The van der Waals surface area contributed by atoms with Gasteiger partial charge in [0.2, 0.25) is 0 Å². The van der Waals surface area contributed by atoms with Gasteiger partial charge >= 0.3 is 0 Å². The lowest BCUT2D eigenvalue weighted by atomic mass is 10.0. The van der Waals surface area contributed by atoms with Gasteiger partial charge in [-0.05, 0) is 48.5 Å². The molecule has 0 amide bonds. The lowest BCUT2D eigenvalue weighted by molar-refractivity contribution is -0.0139. The highest BCUT2D eigenvalue weighted by Crippen LogP contribution is 2.34. The molecule has 0 bridgehead atoms. The summed E-state index contributed by atoms with van der Waals surface area (Å²) in [5.41, 5.74) is 2.99. The van der Waals surface area contributed by atoms with Gasteiger partial charge in [0.15, 0.2) is 9.84 Å². The first kappa shape index (κ1) is 25.1. The van der Waals surface area contributed by atoms with E-state index in [0.717, 1.165) is 43.2 Å². The smallest absolute Gasteiger partial charge is 0.273 e. The molecule has 0 aliphatic carbocycles. The van der Waals surface area contributed by atoms with E-state index in [2.05, 4.69) is 24.8 Å². The number of rotatable bonds is 7. The van der Waals surface area contributed by atoms with Gasteiger partial charge in [0, 0.05) is 61.9 Å². The van der Waals surface area contributed by atoms with E-state index in [9.17, 15) is 17.2 Å². The maximum Gasteiger partial charge on any atom is 0.273 e. The number of anilines is 2. The molecule has 0 unspecified atom stereocenters. The van der Waals surface area contributed by atoms with E-state index in [1.807, 2.05) is 24.3 Å². The molecule has 1 N–H and O–H groups in total. The number of imidazole rings is 1. The number of halogens is 2. The number of H-pyrrole nitrogens is 1. The Morgan fingerprint density at radius 3 is 2.30 bits per heavy atom. The topological polar surface area (TPSA) is 82.2 Å². The predicted octanol–water partition coefficient (Wildman–Crippen LogP) is 5.25. The molecule has 7 nitrogen and oxygen atoms in total.